The quantitative estimate of drug-likeness (QED) is 0.860. The van der Waals surface area contributed by atoms with Crippen molar-refractivity contribution in [3.63, 3.8) is 0 Å². The number of carbonyl (C=O) groups is 2. The molecule has 0 saturated carbocycles. The normalized spacial score (nSPS) is 22.8. The summed E-state index contributed by atoms with van der Waals surface area (Å²) in [5.41, 5.74) is 0.583. The molecule has 0 radical (unpaired) electrons. The zero-order chi connectivity index (χ0) is 18.4. The summed E-state index contributed by atoms with van der Waals surface area (Å²) in [5, 5.41) is 9.52. The molecule has 1 atom stereocenters. The topological polar surface area (TPSA) is 85.3 Å². The van der Waals surface area contributed by atoms with Crippen molar-refractivity contribution < 1.29 is 28.9 Å². The van der Waals surface area contributed by atoms with E-state index in [0.717, 1.165) is 0 Å². The van der Waals surface area contributed by atoms with Crippen molar-refractivity contribution in [1.82, 2.24) is 4.90 Å². The van der Waals surface area contributed by atoms with Gasteiger partial charge in [-0.15, -0.1) is 0 Å². The molecule has 0 aromatic heterocycles. The lowest BCUT2D eigenvalue weighted by molar-refractivity contribution is -0.123. The Hall–Kier alpha value is -2.15. The molecule has 0 aliphatic carbocycles. The van der Waals surface area contributed by atoms with Gasteiger partial charge in [0.15, 0.2) is 11.5 Å². The number of piperidine rings is 1. The molecule has 1 fully saturated rings. The number of hydrogen-bond donors (Lipinski definition) is 1. The Bertz CT molecular complexity index is 728. The highest BCUT2D eigenvalue weighted by Crippen LogP contribution is 2.50. The van der Waals surface area contributed by atoms with Crippen molar-refractivity contribution in [2.24, 2.45) is 5.92 Å². The van der Waals surface area contributed by atoms with Crippen LogP contribution < -0.4 is 9.47 Å². The molecule has 2 heterocycles. The summed E-state index contributed by atoms with van der Waals surface area (Å²) < 4.78 is 16.8. The van der Waals surface area contributed by atoms with Crippen molar-refractivity contribution in [2.45, 2.75) is 32.5 Å². The van der Waals surface area contributed by atoms with Crippen LogP contribution in [0.3, 0.4) is 0 Å². The SMILES string of the molecule is COC(=O)N1CCC(C2(C)Oc3c(Cl)cc(C(=O)O)c(C)c3O2)CC1. The zero-order valence-electron chi connectivity index (χ0n) is 14.3. The summed E-state index contributed by atoms with van der Waals surface area (Å²) >= 11 is 6.20. The molecule has 8 heteroatoms. The molecule has 2 aliphatic rings. The van der Waals surface area contributed by atoms with Crippen LogP contribution in [-0.2, 0) is 4.74 Å². The third-order valence-corrected chi connectivity index (χ3v) is 5.23. The highest BCUT2D eigenvalue weighted by Gasteiger charge is 2.47. The maximum Gasteiger partial charge on any atom is 0.409 e. The Morgan fingerprint density at radius 1 is 1.32 bits per heavy atom. The van der Waals surface area contributed by atoms with Crippen LogP contribution in [0.25, 0.3) is 0 Å². The van der Waals surface area contributed by atoms with Gasteiger partial charge in [-0.05, 0) is 25.8 Å². The van der Waals surface area contributed by atoms with Crippen LogP contribution in [0, 0.1) is 12.8 Å². The summed E-state index contributed by atoms with van der Waals surface area (Å²) in [4.78, 5) is 24.6. The molecule has 0 bridgehead atoms. The second-order valence-electron chi connectivity index (χ2n) is 6.45. The van der Waals surface area contributed by atoms with E-state index in [1.807, 2.05) is 6.92 Å². The number of rotatable bonds is 2. The highest BCUT2D eigenvalue weighted by molar-refractivity contribution is 6.32. The van der Waals surface area contributed by atoms with Gasteiger partial charge in [0.05, 0.1) is 17.7 Å². The molecule has 1 aromatic carbocycles. The number of benzene rings is 1. The van der Waals surface area contributed by atoms with Gasteiger partial charge in [-0.3, -0.25) is 0 Å². The maximum atomic E-state index is 11.6. The molecule has 7 nitrogen and oxygen atoms in total. The molecule has 1 saturated heterocycles. The van der Waals surface area contributed by atoms with Crippen molar-refractivity contribution in [3.8, 4) is 11.5 Å². The highest BCUT2D eigenvalue weighted by atomic mass is 35.5. The number of halogens is 1. The minimum atomic E-state index is -1.06. The predicted molar refractivity (Wildman–Crippen MR) is 89.5 cm³/mol. The number of carbonyl (C=O) groups excluding carboxylic acids is 1. The lowest BCUT2D eigenvalue weighted by atomic mass is 9.89. The van der Waals surface area contributed by atoms with Gasteiger partial charge in [-0.25, -0.2) is 9.59 Å². The maximum absolute atomic E-state index is 11.6. The van der Waals surface area contributed by atoms with Gasteiger partial charge in [0.1, 0.15) is 0 Å². The Labute approximate surface area is 150 Å². The number of nitrogens with zero attached hydrogens (tertiary/aromatic N) is 1. The summed E-state index contributed by atoms with van der Waals surface area (Å²) in [6.45, 7) is 4.58. The molecule has 1 N–H and O–H groups in total. The first-order valence-electron chi connectivity index (χ1n) is 8.04. The molecule has 1 amide bonds. The number of carboxylic acids is 1. The summed E-state index contributed by atoms with van der Waals surface area (Å²) in [7, 11) is 1.36. The lowest BCUT2D eigenvalue weighted by Gasteiger charge is -2.38. The number of fused-ring (bicyclic) bond motifs is 1. The van der Waals surface area contributed by atoms with Crippen LogP contribution in [-0.4, -0.2) is 48.1 Å². The van der Waals surface area contributed by atoms with Gasteiger partial charge in [0.2, 0.25) is 0 Å². The molecule has 2 aliphatic heterocycles. The van der Waals surface area contributed by atoms with Crippen molar-refractivity contribution in [3.05, 3.63) is 22.2 Å². The fourth-order valence-electron chi connectivity index (χ4n) is 3.45. The van der Waals surface area contributed by atoms with Gasteiger partial charge >= 0.3 is 12.1 Å². The largest absolute Gasteiger partial charge is 0.478 e. The molecule has 1 aromatic rings. The van der Waals surface area contributed by atoms with E-state index in [1.54, 1.807) is 11.8 Å². The van der Waals surface area contributed by atoms with E-state index in [1.165, 1.54) is 13.2 Å². The summed E-state index contributed by atoms with van der Waals surface area (Å²) in [6, 6.07) is 1.38. The smallest absolute Gasteiger partial charge is 0.409 e. The van der Waals surface area contributed by atoms with Gasteiger partial charge in [-0.2, -0.15) is 0 Å². The third-order valence-electron chi connectivity index (χ3n) is 4.95. The van der Waals surface area contributed by atoms with Crippen LogP contribution in [0.2, 0.25) is 5.02 Å². The van der Waals surface area contributed by atoms with Crippen molar-refractivity contribution in [2.75, 3.05) is 20.2 Å². The number of methoxy groups -OCH3 is 1. The molecule has 136 valence electrons. The number of aromatic carboxylic acids is 1. The molecular formula is C17H20ClNO6. The molecule has 25 heavy (non-hydrogen) atoms. The van der Waals surface area contributed by atoms with E-state index in [-0.39, 0.29) is 22.6 Å². The fourth-order valence-corrected chi connectivity index (χ4v) is 3.68. The molecular weight excluding hydrogens is 350 g/mol. The van der Waals surface area contributed by atoms with E-state index in [0.29, 0.717) is 43.0 Å². The summed E-state index contributed by atoms with van der Waals surface area (Å²) in [6.07, 6.45) is 1.02. The predicted octanol–water partition coefficient (Wildman–Crippen LogP) is 3.31. The molecule has 1 unspecified atom stereocenters. The fraction of sp³-hybridized carbons (Fsp3) is 0.529. The van der Waals surface area contributed by atoms with Gasteiger partial charge in [0.25, 0.3) is 5.79 Å². The number of carboxylic acid groups (broad SMARTS) is 1. The van der Waals surface area contributed by atoms with Crippen molar-refractivity contribution in [1.29, 1.82) is 0 Å². The van der Waals surface area contributed by atoms with Gasteiger partial charge < -0.3 is 24.2 Å². The number of hydrogen-bond acceptors (Lipinski definition) is 5. The Morgan fingerprint density at radius 3 is 2.48 bits per heavy atom. The first-order valence-corrected chi connectivity index (χ1v) is 8.42. The Kier molecular flexibility index (Phi) is 4.45. The first kappa shape index (κ1) is 17.7. The van der Waals surface area contributed by atoms with Crippen LogP contribution in [0.15, 0.2) is 6.07 Å². The zero-order valence-corrected chi connectivity index (χ0v) is 15.1. The van der Waals surface area contributed by atoms with E-state index in [9.17, 15) is 14.7 Å². The first-order chi connectivity index (χ1) is 11.8. The van der Waals surface area contributed by atoms with E-state index < -0.39 is 11.8 Å². The minimum absolute atomic E-state index is 0.0320. The Balaban J connectivity index is 1.81. The van der Waals surface area contributed by atoms with Gasteiger partial charge in [0, 0.05) is 31.5 Å². The average molecular weight is 370 g/mol. The van der Waals surface area contributed by atoms with E-state index in [4.69, 9.17) is 25.8 Å². The van der Waals surface area contributed by atoms with E-state index >= 15 is 0 Å². The van der Waals surface area contributed by atoms with Crippen LogP contribution in [0.5, 0.6) is 11.5 Å². The lowest BCUT2D eigenvalue weighted by Crippen LogP contribution is -2.49. The molecule has 0 spiro atoms. The van der Waals surface area contributed by atoms with Crippen LogP contribution >= 0.6 is 11.6 Å². The second-order valence-corrected chi connectivity index (χ2v) is 6.85. The molecule has 3 rings (SSSR count). The third kappa shape index (κ3) is 2.97. The number of ether oxygens (including phenoxy) is 3. The Morgan fingerprint density at radius 2 is 1.92 bits per heavy atom. The van der Waals surface area contributed by atoms with Crippen LogP contribution in [0.1, 0.15) is 35.7 Å². The minimum Gasteiger partial charge on any atom is -0.478 e. The summed E-state index contributed by atoms with van der Waals surface area (Å²) in [5.74, 6) is -1.23. The standard InChI is InChI=1S/C17H20ClNO6/c1-9-11(15(20)21)8-12(18)14-13(9)24-17(2,25-14)10-4-6-19(7-5-10)16(22)23-3/h8,10H,4-7H2,1-3H3,(H,20,21). The monoisotopic (exact) mass is 369 g/mol. The van der Waals surface area contributed by atoms with Gasteiger partial charge in [-0.1, -0.05) is 11.6 Å². The second kappa shape index (κ2) is 6.29. The van der Waals surface area contributed by atoms with E-state index in [2.05, 4.69) is 0 Å². The van der Waals surface area contributed by atoms with Crippen molar-refractivity contribution >= 4 is 23.7 Å². The number of likely N-dealkylation sites (tertiary alicyclic amines) is 1. The number of amides is 1. The van der Waals surface area contributed by atoms with Crippen LogP contribution in [0.4, 0.5) is 4.79 Å². The average Bonchev–Trinajstić information content (AvgIpc) is 2.97.